The molecule has 12 heavy (non-hydrogen) atoms. The van der Waals surface area contributed by atoms with E-state index in [2.05, 4.69) is 4.89 Å². The van der Waals surface area contributed by atoms with E-state index < -0.39 is 11.5 Å². The fourth-order valence-electron chi connectivity index (χ4n) is 0.782. The molecule has 0 bridgehead atoms. The van der Waals surface area contributed by atoms with Crippen LogP contribution in [0.5, 0.6) is 0 Å². The fraction of sp³-hybridized carbons (Fsp3) is 1.00. The number of aliphatic hydroxyl groups is 3. The third-order valence-corrected chi connectivity index (χ3v) is 2.05. The lowest BCUT2D eigenvalue weighted by Gasteiger charge is -2.32. The average Bonchev–Trinajstić information content (AvgIpc) is 2.09. The van der Waals surface area contributed by atoms with Crippen molar-refractivity contribution < 1.29 is 25.1 Å². The summed E-state index contributed by atoms with van der Waals surface area (Å²) in [6.45, 7) is 0.533. The van der Waals surface area contributed by atoms with Gasteiger partial charge in [0, 0.05) is 0 Å². The zero-order valence-corrected chi connectivity index (χ0v) is 7.36. The average molecular weight is 180 g/mol. The van der Waals surface area contributed by atoms with Crippen LogP contribution in [0.15, 0.2) is 0 Å². The van der Waals surface area contributed by atoms with E-state index in [9.17, 15) is 0 Å². The lowest BCUT2D eigenvalue weighted by molar-refractivity contribution is -0.330. The Kier molecular flexibility index (Phi) is 5.36. The van der Waals surface area contributed by atoms with E-state index in [0.29, 0.717) is 0 Å². The predicted molar refractivity (Wildman–Crippen MR) is 41.2 cm³/mol. The quantitative estimate of drug-likeness (QED) is 0.358. The number of hydrogen-bond acceptors (Lipinski definition) is 5. The van der Waals surface area contributed by atoms with Gasteiger partial charge < -0.3 is 15.3 Å². The summed E-state index contributed by atoms with van der Waals surface area (Å²) in [6, 6.07) is 0. The first kappa shape index (κ1) is 11.8. The second kappa shape index (κ2) is 5.45. The van der Waals surface area contributed by atoms with Crippen LogP contribution in [-0.2, 0) is 9.78 Å². The van der Waals surface area contributed by atoms with Gasteiger partial charge in [0.05, 0.1) is 32.3 Å². The highest BCUT2D eigenvalue weighted by molar-refractivity contribution is 4.82. The lowest BCUT2D eigenvalue weighted by atomic mass is 9.85. The highest BCUT2D eigenvalue weighted by Gasteiger charge is 2.36. The minimum Gasteiger partial charge on any atom is -0.396 e. The monoisotopic (exact) mass is 180 g/mol. The van der Waals surface area contributed by atoms with Crippen molar-refractivity contribution in [3.05, 3.63) is 0 Å². The molecule has 1 unspecified atom stereocenters. The van der Waals surface area contributed by atoms with Gasteiger partial charge in [-0.1, -0.05) is 0 Å². The zero-order valence-electron chi connectivity index (χ0n) is 7.36. The Morgan fingerprint density at radius 3 is 1.83 bits per heavy atom. The Morgan fingerprint density at radius 2 is 1.58 bits per heavy atom. The number of hydrogen-bond donors (Lipinski definition) is 3. The molecule has 74 valence electrons. The number of rotatable bonds is 6. The summed E-state index contributed by atoms with van der Waals surface area (Å²) in [7, 11) is 1.33. The van der Waals surface area contributed by atoms with Gasteiger partial charge >= 0.3 is 0 Å². The van der Waals surface area contributed by atoms with E-state index in [1.165, 1.54) is 7.11 Å². The Balaban J connectivity index is 4.24. The molecule has 0 heterocycles. The van der Waals surface area contributed by atoms with Crippen molar-refractivity contribution in [1.82, 2.24) is 0 Å². The van der Waals surface area contributed by atoms with E-state index >= 15 is 0 Å². The van der Waals surface area contributed by atoms with Gasteiger partial charge in [-0.2, -0.15) is 0 Å². The summed E-state index contributed by atoms with van der Waals surface area (Å²) in [5, 5.41) is 26.8. The number of aliphatic hydroxyl groups excluding tert-OH is 3. The molecule has 0 aliphatic rings. The minimum atomic E-state index is -1.05. The highest BCUT2D eigenvalue weighted by Crippen LogP contribution is 2.22. The van der Waals surface area contributed by atoms with Crippen molar-refractivity contribution in [3.8, 4) is 0 Å². The van der Waals surface area contributed by atoms with Crippen LogP contribution < -0.4 is 0 Å². The molecule has 1 atom stereocenters. The summed E-state index contributed by atoms with van der Waals surface area (Å²) in [6.07, 6.45) is -0.567. The van der Waals surface area contributed by atoms with Crippen molar-refractivity contribution >= 4 is 0 Å². The van der Waals surface area contributed by atoms with Crippen LogP contribution in [0.25, 0.3) is 0 Å². The summed E-state index contributed by atoms with van der Waals surface area (Å²) < 4.78 is 0. The topological polar surface area (TPSA) is 79.2 Å². The van der Waals surface area contributed by atoms with Crippen LogP contribution in [0.3, 0.4) is 0 Å². The second-order valence-corrected chi connectivity index (χ2v) is 2.74. The maximum atomic E-state index is 8.92. The van der Waals surface area contributed by atoms with Crippen molar-refractivity contribution in [3.63, 3.8) is 0 Å². The molecule has 0 fully saturated rings. The van der Waals surface area contributed by atoms with Crippen LogP contribution in [0, 0.1) is 5.41 Å². The van der Waals surface area contributed by atoms with Crippen LogP contribution in [0.1, 0.15) is 6.92 Å². The molecule has 5 nitrogen and oxygen atoms in total. The van der Waals surface area contributed by atoms with Gasteiger partial charge in [0.25, 0.3) is 0 Å². The van der Waals surface area contributed by atoms with Crippen molar-refractivity contribution in [2.45, 2.75) is 13.0 Å². The first-order chi connectivity index (χ1) is 5.66. The molecule has 0 rings (SSSR count). The van der Waals surface area contributed by atoms with Gasteiger partial charge in [-0.05, 0) is 6.92 Å². The molecule has 0 aliphatic carbocycles. The molecule has 0 saturated carbocycles. The van der Waals surface area contributed by atoms with Gasteiger partial charge in [-0.25, -0.2) is 9.78 Å². The zero-order chi connectivity index (χ0) is 9.61. The summed E-state index contributed by atoms with van der Waals surface area (Å²) in [4.78, 5) is 9.08. The molecule has 0 aliphatic heterocycles. The summed E-state index contributed by atoms with van der Waals surface area (Å²) >= 11 is 0. The predicted octanol–water partition coefficient (Wildman–Crippen LogP) is -1.08. The molecule has 0 aromatic heterocycles. The summed E-state index contributed by atoms with van der Waals surface area (Å²) in [5.41, 5.74) is -1.05. The molecule has 0 aromatic rings. The van der Waals surface area contributed by atoms with Gasteiger partial charge in [-0.15, -0.1) is 0 Å². The SMILES string of the molecule is COOC(C)C(CO)(CO)CO. The molecular weight excluding hydrogens is 164 g/mol. The van der Waals surface area contributed by atoms with E-state index in [4.69, 9.17) is 20.2 Å². The molecule has 0 radical (unpaired) electrons. The van der Waals surface area contributed by atoms with E-state index in [1.807, 2.05) is 0 Å². The lowest BCUT2D eigenvalue weighted by Crippen LogP contribution is -2.44. The minimum absolute atomic E-state index is 0.357. The normalized spacial score (nSPS) is 14.8. The fourth-order valence-corrected chi connectivity index (χ4v) is 0.782. The largest absolute Gasteiger partial charge is 0.396 e. The first-order valence-electron chi connectivity index (χ1n) is 3.69. The third-order valence-electron chi connectivity index (χ3n) is 2.05. The standard InChI is InChI=1S/C7H16O5/c1-6(12-11-2)7(3-8,4-9)5-10/h6,8-10H,3-5H2,1-2H3. The maximum absolute atomic E-state index is 8.92. The maximum Gasteiger partial charge on any atom is 0.102 e. The molecule has 5 heteroatoms. The Bertz CT molecular complexity index is 104. The molecule has 0 aromatic carbocycles. The van der Waals surface area contributed by atoms with Crippen LogP contribution in [0.2, 0.25) is 0 Å². The Morgan fingerprint density at radius 1 is 1.17 bits per heavy atom. The Labute approximate surface area is 71.5 Å². The van der Waals surface area contributed by atoms with E-state index in [1.54, 1.807) is 6.92 Å². The van der Waals surface area contributed by atoms with Crippen LogP contribution >= 0.6 is 0 Å². The van der Waals surface area contributed by atoms with Crippen molar-refractivity contribution in [2.75, 3.05) is 26.9 Å². The molecule has 0 amide bonds. The molecule has 0 saturated heterocycles. The van der Waals surface area contributed by atoms with Gasteiger partial charge in [0.1, 0.15) is 6.10 Å². The van der Waals surface area contributed by atoms with E-state index in [0.717, 1.165) is 0 Å². The smallest absolute Gasteiger partial charge is 0.102 e. The van der Waals surface area contributed by atoms with Crippen molar-refractivity contribution in [2.24, 2.45) is 5.41 Å². The van der Waals surface area contributed by atoms with Gasteiger partial charge in [-0.3, -0.25) is 0 Å². The van der Waals surface area contributed by atoms with Gasteiger partial charge in [0.15, 0.2) is 0 Å². The first-order valence-corrected chi connectivity index (χ1v) is 3.69. The van der Waals surface area contributed by atoms with E-state index in [-0.39, 0.29) is 19.8 Å². The van der Waals surface area contributed by atoms with Gasteiger partial charge in [0.2, 0.25) is 0 Å². The second-order valence-electron chi connectivity index (χ2n) is 2.74. The molecule has 0 spiro atoms. The highest BCUT2D eigenvalue weighted by atomic mass is 17.2. The molecule has 3 N–H and O–H groups in total. The van der Waals surface area contributed by atoms with Crippen LogP contribution in [0.4, 0.5) is 0 Å². The Hall–Kier alpha value is -0.200. The summed E-state index contributed by atoms with van der Waals surface area (Å²) in [5.74, 6) is 0. The third kappa shape index (κ3) is 2.40. The van der Waals surface area contributed by atoms with Crippen LogP contribution in [-0.4, -0.2) is 48.4 Å². The van der Waals surface area contributed by atoms with Crippen molar-refractivity contribution in [1.29, 1.82) is 0 Å². The molecular formula is C7H16O5.